The number of nitrogens with zero attached hydrogens (tertiary/aromatic N) is 2. The largest absolute Gasteiger partial charge is 0.483 e. The Morgan fingerprint density at radius 3 is 2.29 bits per heavy atom. The number of likely N-dealkylation sites (N-methyl/N-ethyl adjacent to an activating group) is 1. The van der Waals surface area contributed by atoms with Crippen LogP contribution in [0, 0.1) is 0 Å². The lowest BCUT2D eigenvalue weighted by Gasteiger charge is -2.32. The van der Waals surface area contributed by atoms with Crippen LogP contribution in [0.2, 0.25) is 15.1 Å². The van der Waals surface area contributed by atoms with E-state index in [0.29, 0.717) is 27.4 Å². The van der Waals surface area contributed by atoms with Gasteiger partial charge in [-0.05, 0) is 60.1 Å². The van der Waals surface area contributed by atoms with E-state index in [1.165, 1.54) is 0 Å². The molecule has 8 heteroatoms. The Balaban J connectivity index is 1.46. The van der Waals surface area contributed by atoms with E-state index in [2.05, 4.69) is 28.2 Å². The summed E-state index contributed by atoms with van der Waals surface area (Å²) in [6, 6.07) is 19.0. The van der Waals surface area contributed by atoms with E-state index < -0.39 is 0 Å². The number of carbonyl (C=O) groups excluding carboxylic acids is 1. The summed E-state index contributed by atoms with van der Waals surface area (Å²) in [6.45, 7) is 5.11. The summed E-state index contributed by atoms with van der Waals surface area (Å²) in [5, 5.41) is 4.60. The number of piperazine rings is 1. The summed E-state index contributed by atoms with van der Waals surface area (Å²) in [4.78, 5) is 17.2. The summed E-state index contributed by atoms with van der Waals surface area (Å²) < 4.78 is 5.99. The Morgan fingerprint density at radius 1 is 0.886 bits per heavy atom. The summed E-state index contributed by atoms with van der Waals surface area (Å²) in [7, 11) is 2.14. The van der Waals surface area contributed by atoms with Gasteiger partial charge in [-0.3, -0.25) is 9.69 Å². The number of benzene rings is 3. The monoisotopic (exact) mass is 531 g/mol. The lowest BCUT2D eigenvalue weighted by atomic mass is 10.0. The number of rotatable bonds is 8. The zero-order valence-corrected chi connectivity index (χ0v) is 21.8. The summed E-state index contributed by atoms with van der Waals surface area (Å²) in [6.07, 6.45) is 0. The Kier molecular flexibility index (Phi) is 8.93. The maximum atomic E-state index is 12.4. The molecule has 1 fully saturated rings. The minimum absolute atomic E-state index is 0.0601. The highest BCUT2D eigenvalue weighted by molar-refractivity contribution is 6.42. The molecule has 1 heterocycles. The van der Waals surface area contributed by atoms with E-state index in [1.807, 2.05) is 36.4 Å². The van der Waals surface area contributed by atoms with Crippen molar-refractivity contribution in [1.82, 2.24) is 15.1 Å². The average Bonchev–Trinajstić information content (AvgIpc) is 2.86. The van der Waals surface area contributed by atoms with E-state index in [-0.39, 0.29) is 12.5 Å². The van der Waals surface area contributed by atoms with Gasteiger partial charge in [0.05, 0.1) is 10.0 Å². The maximum absolute atomic E-state index is 12.4. The van der Waals surface area contributed by atoms with Crippen LogP contribution >= 0.6 is 34.8 Å². The Labute approximate surface area is 221 Å². The van der Waals surface area contributed by atoms with Gasteiger partial charge in [0.2, 0.25) is 0 Å². The summed E-state index contributed by atoms with van der Waals surface area (Å²) in [5.41, 5.74) is 4.01. The zero-order valence-electron chi connectivity index (χ0n) is 19.6. The van der Waals surface area contributed by atoms with Gasteiger partial charge in [-0.2, -0.15) is 0 Å². The van der Waals surface area contributed by atoms with Gasteiger partial charge < -0.3 is 15.0 Å². The first kappa shape index (κ1) is 25.8. The molecule has 4 rings (SSSR count). The highest BCUT2D eigenvalue weighted by Crippen LogP contribution is 2.32. The number of amides is 1. The molecule has 1 saturated heterocycles. The molecule has 3 aromatic carbocycles. The lowest BCUT2D eigenvalue weighted by molar-refractivity contribution is -0.123. The van der Waals surface area contributed by atoms with Crippen molar-refractivity contribution in [2.75, 3.05) is 39.8 Å². The molecule has 184 valence electrons. The van der Waals surface area contributed by atoms with Gasteiger partial charge in [-0.25, -0.2) is 0 Å². The quantitative estimate of drug-likeness (QED) is 0.401. The van der Waals surface area contributed by atoms with Crippen LogP contribution in [0.15, 0.2) is 60.7 Å². The maximum Gasteiger partial charge on any atom is 0.258 e. The van der Waals surface area contributed by atoms with E-state index >= 15 is 0 Å². The number of halogens is 3. The molecule has 3 aromatic rings. The molecular weight excluding hydrogens is 505 g/mol. The van der Waals surface area contributed by atoms with Crippen LogP contribution < -0.4 is 10.1 Å². The second kappa shape index (κ2) is 12.1. The van der Waals surface area contributed by atoms with Crippen LogP contribution in [-0.2, 0) is 17.9 Å². The Bertz CT molecular complexity index is 1160. The van der Waals surface area contributed by atoms with Crippen LogP contribution in [0.25, 0.3) is 11.1 Å². The van der Waals surface area contributed by atoms with Crippen LogP contribution in [0.5, 0.6) is 5.75 Å². The van der Waals surface area contributed by atoms with Crippen molar-refractivity contribution in [3.8, 4) is 16.9 Å². The molecule has 1 amide bonds. The van der Waals surface area contributed by atoms with Crippen LogP contribution in [-0.4, -0.2) is 55.5 Å². The smallest absolute Gasteiger partial charge is 0.258 e. The third kappa shape index (κ3) is 7.35. The molecule has 0 saturated carbocycles. The molecule has 0 aliphatic carbocycles. The molecule has 0 bridgehead atoms. The molecule has 5 nitrogen and oxygen atoms in total. The number of ether oxygens (including phenoxy) is 1. The van der Waals surface area contributed by atoms with Crippen molar-refractivity contribution in [3.05, 3.63) is 86.9 Å². The van der Waals surface area contributed by atoms with Crippen molar-refractivity contribution in [2.24, 2.45) is 0 Å². The minimum atomic E-state index is -0.181. The van der Waals surface area contributed by atoms with E-state index in [0.717, 1.165) is 55.0 Å². The number of carbonyl (C=O) groups is 1. The standard InChI is InChI=1S/C27H28Cl3N3O2/c1-32-10-12-33(13-11-32)17-22-14-20(21-4-8-24(29)25(30)15-21)5-9-26(22)35-18-27(34)31-16-19-2-6-23(28)7-3-19/h2-9,14-15H,10-13,16-18H2,1H3,(H,31,34). The first-order valence-electron chi connectivity index (χ1n) is 11.5. The van der Waals surface area contributed by atoms with Crippen molar-refractivity contribution in [1.29, 1.82) is 0 Å². The predicted molar refractivity (Wildman–Crippen MR) is 143 cm³/mol. The molecule has 0 radical (unpaired) electrons. The number of hydrogen-bond donors (Lipinski definition) is 1. The van der Waals surface area contributed by atoms with Gasteiger partial charge in [-0.1, -0.05) is 59.1 Å². The van der Waals surface area contributed by atoms with Gasteiger partial charge in [0.15, 0.2) is 6.61 Å². The lowest BCUT2D eigenvalue weighted by Crippen LogP contribution is -2.43. The summed E-state index contributed by atoms with van der Waals surface area (Å²) >= 11 is 18.3. The van der Waals surface area contributed by atoms with Gasteiger partial charge in [-0.15, -0.1) is 0 Å². The average molecular weight is 533 g/mol. The zero-order chi connectivity index (χ0) is 24.8. The van der Waals surface area contributed by atoms with E-state index in [4.69, 9.17) is 39.5 Å². The third-order valence-electron chi connectivity index (χ3n) is 6.06. The van der Waals surface area contributed by atoms with Crippen LogP contribution in [0.3, 0.4) is 0 Å². The topological polar surface area (TPSA) is 44.8 Å². The van der Waals surface area contributed by atoms with Gasteiger partial charge in [0.25, 0.3) is 5.91 Å². The van der Waals surface area contributed by atoms with Crippen molar-refractivity contribution in [3.63, 3.8) is 0 Å². The number of nitrogens with one attached hydrogen (secondary N) is 1. The van der Waals surface area contributed by atoms with Crippen molar-refractivity contribution < 1.29 is 9.53 Å². The normalized spacial score (nSPS) is 14.6. The third-order valence-corrected chi connectivity index (χ3v) is 7.06. The molecule has 0 atom stereocenters. The SMILES string of the molecule is CN1CCN(Cc2cc(-c3ccc(Cl)c(Cl)c3)ccc2OCC(=O)NCc2ccc(Cl)cc2)CC1. The number of hydrogen-bond acceptors (Lipinski definition) is 4. The fourth-order valence-corrected chi connectivity index (χ4v) is 4.37. The highest BCUT2D eigenvalue weighted by atomic mass is 35.5. The van der Waals surface area contributed by atoms with Crippen LogP contribution in [0.4, 0.5) is 0 Å². The molecule has 35 heavy (non-hydrogen) atoms. The predicted octanol–water partition coefficient (Wildman–Crippen LogP) is 5.76. The van der Waals surface area contributed by atoms with Gasteiger partial charge in [0, 0.05) is 49.9 Å². The van der Waals surface area contributed by atoms with E-state index in [9.17, 15) is 4.79 Å². The molecule has 0 spiro atoms. The fourth-order valence-electron chi connectivity index (χ4n) is 3.94. The molecule has 1 N–H and O–H groups in total. The second-order valence-electron chi connectivity index (χ2n) is 8.72. The molecule has 1 aliphatic heterocycles. The molecule has 1 aliphatic rings. The Hall–Kier alpha value is -2.28. The minimum Gasteiger partial charge on any atom is -0.483 e. The summed E-state index contributed by atoms with van der Waals surface area (Å²) in [5.74, 6) is 0.522. The van der Waals surface area contributed by atoms with Crippen LogP contribution in [0.1, 0.15) is 11.1 Å². The fraction of sp³-hybridized carbons (Fsp3) is 0.296. The van der Waals surface area contributed by atoms with Crippen molar-refractivity contribution >= 4 is 40.7 Å². The van der Waals surface area contributed by atoms with E-state index in [1.54, 1.807) is 18.2 Å². The second-order valence-corrected chi connectivity index (χ2v) is 9.97. The highest BCUT2D eigenvalue weighted by Gasteiger charge is 2.17. The van der Waals surface area contributed by atoms with Crippen molar-refractivity contribution in [2.45, 2.75) is 13.1 Å². The Morgan fingerprint density at radius 2 is 1.57 bits per heavy atom. The van der Waals surface area contributed by atoms with Gasteiger partial charge in [0.1, 0.15) is 5.75 Å². The molecule has 0 unspecified atom stereocenters. The first-order valence-corrected chi connectivity index (χ1v) is 12.6. The van der Waals surface area contributed by atoms with Gasteiger partial charge >= 0.3 is 0 Å². The molecule has 0 aromatic heterocycles. The first-order chi connectivity index (χ1) is 16.9. The molecular formula is C27H28Cl3N3O2.